The summed E-state index contributed by atoms with van der Waals surface area (Å²) >= 11 is 0. The number of ether oxygens (including phenoxy) is 1. The number of methoxy groups -OCH3 is 1. The van der Waals surface area contributed by atoms with Gasteiger partial charge in [0.05, 0.1) is 7.11 Å². The van der Waals surface area contributed by atoms with Gasteiger partial charge in [-0.2, -0.15) is 0 Å². The first-order valence-electron chi connectivity index (χ1n) is 10.1. The normalized spacial score (nSPS) is 12.8. The fourth-order valence-electron chi connectivity index (χ4n) is 3.86. The van der Waals surface area contributed by atoms with E-state index in [0.29, 0.717) is 35.9 Å². The van der Waals surface area contributed by atoms with E-state index in [4.69, 9.17) is 4.43 Å². The summed E-state index contributed by atoms with van der Waals surface area (Å²) in [6.07, 6.45) is 6.49. The Morgan fingerprint density at radius 3 is 1.88 bits per heavy atom. The van der Waals surface area contributed by atoms with Crippen molar-refractivity contribution in [3.05, 3.63) is 11.6 Å². The van der Waals surface area contributed by atoms with Gasteiger partial charge < -0.3 is 9.16 Å². The topological polar surface area (TPSA) is 52.6 Å². The van der Waals surface area contributed by atoms with Crippen molar-refractivity contribution in [3.63, 3.8) is 0 Å². The van der Waals surface area contributed by atoms with Crippen molar-refractivity contribution in [1.29, 1.82) is 0 Å². The highest BCUT2D eigenvalue weighted by Gasteiger charge is 2.48. The highest BCUT2D eigenvalue weighted by atomic mass is 28.4. The second-order valence-corrected chi connectivity index (χ2v) is 13.4. The first-order chi connectivity index (χ1) is 12.1. The maximum atomic E-state index is 13.0. The van der Waals surface area contributed by atoms with Gasteiger partial charge >= 0.3 is 11.9 Å². The predicted molar refractivity (Wildman–Crippen MR) is 111 cm³/mol. The van der Waals surface area contributed by atoms with Gasteiger partial charge in [0, 0.05) is 12.0 Å². The molecule has 0 aliphatic rings. The van der Waals surface area contributed by atoms with Crippen LogP contribution in [0.2, 0.25) is 16.6 Å². The van der Waals surface area contributed by atoms with Gasteiger partial charge in [0.1, 0.15) is 0 Å². The largest absolute Gasteiger partial charge is 0.515 e. The summed E-state index contributed by atoms with van der Waals surface area (Å²) in [5.41, 5.74) is 1.89. The van der Waals surface area contributed by atoms with E-state index in [2.05, 4.69) is 53.2 Å². The Balaban J connectivity index is 5.28. The number of esters is 1. The van der Waals surface area contributed by atoms with Crippen LogP contribution in [-0.4, -0.2) is 27.4 Å². The van der Waals surface area contributed by atoms with Gasteiger partial charge in [0.25, 0.3) is 8.32 Å². The van der Waals surface area contributed by atoms with Crippen LogP contribution in [0.1, 0.15) is 87.0 Å². The first kappa shape index (κ1) is 24.9. The fraction of sp³-hybridized carbons (Fsp3) is 0.810. The van der Waals surface area contributed by atoms with E-state index >= 15 is 0 Å². The monoisotopic (exact) mass is 384 g/mol. The molecule has 0 aliphatic carbocycles. The summed E-state index contributed by atoms with van der Waals surface area (Å²) in [5.74, 6) is -0.346. The molecule has 0 amide bonds. The lowest BCUT2D eigenvalue weighted by molar-refractivity contribution is -0.140. The van der Waals surface area contributed by atoms with Gasteiger partial charge in [-0.15, -0.1) is 0 Å². The van der Waals surface area contributed by atoms with Crippen molar-refractivity contribution in [2.45, 2.75) is 104 Å². The summed E-state index contributed by atoms with van der Waals surface area (Å²) in [6, 6.07) is 0. The number of allylic oxidation sites excluding steroid dienone is 1. The summed E-state index contributed by atoms with van der Waals surface area (Å²) in [7, 11) is -0.829. The average Bonchev–Trinajstić information content (AvgIpc) is 2.57. The molecule has 152 valence electrons. The second-order valence-electron chi connectivity index (χ2n) is 8.01. The van der Waals surface area contributed by atoms with Crippen LogP contribution in [0, 0.1) is 0 Å². The molecule has 0 saturated heterocycles. The molecule has 0 aromatic heterocycles. The first-order valence-corrected chi connectivity index (χ1v) is 12.3. The third kappa shape index (κ3) is 7.26. The Labute approximate surface area is 161 Å². The van der Waals surface area contributed by atoms with Crippen molar-refractivity contribution in [2.24, 2.45) is 0 Å². The number of hydrogen-bond acceptors (Lipinski definition) is 4. The molecule has 26 heavy (non-hydrogen) atoms. The third-order valence-electron chi connectivity index (χ3n) is 5.24. The smallest absolute Gasteiger partial charge is 0.320 e. The van der Waals surface area contributed by atoms with Gasteiger partial charge in [-0.3, -0.25) is 4.79 Å². The molecule has 0 radical (unpaired) electrons. The van der Waals surface area contributed by atoms with Crippen LogP contribution in [-0.2, 0) is 18.8 Å². The molecule has 0 fully saturated rings. The minimum absolute atomic E-state index is 0.140. The minimum atomic E-state index is -2.23. The number of carbonyl (C=O) groups excluding carboxylic acids is 2. The molecule has 0 unspecified atom stereocenters. The maximum absolute atomic E-state index is 13.0. The Bertz CT molecular complexity index is 445. The molecule has 0 aliphatic heterocycles. The minimum Gasteiger partial charge on any atom is -0.515 e. The molecule has 5 heteroatoms. The Hall–Kier alpha value is -1.10. The molecule has 0 heterocycles. The van der Waals surface area contributed by atoms with Crippen LogP contribution >= 0.6 is 0 Å². The van der Waals surface area contributed by atoms with E-state index in [1.54, 1.807) is 0 Å². The Kier molecular flexibility index (Phi) is 11.8. The van der Waals surface area contributed by atoms with Gasteiger partial charge in [-0.25, -0.2) is 4.79 Å². The van der Waals surface area contributed by atoms with E-state index < -0.39 is 8.32 Å². The van der Waals surface area contributed by atoms with Crippen molar-refractivity contribution >= 4 is 20.3 Å². The van der Waals surface area contributed by atoms with Crippen LogP contribution in [0.15, 0.2) is 11.6 Å². The molecule has 0 spiro atoms. The fourth-order valence-corrected chi connectivity index (χ4v) is 9.02. The van der Waals surface area contributed by atoms with Gasteiger partial charge in [0.15, 0.2) is 0 Å². The lowest BCUT2D eigenvalue weighted by Crippen LogP contribution is -2.49. The molecule has 0 bridgehead atoms. The molecular formula is C21H40O4Si. The maximum Gasteiger partial charge on any atom is 0.320 e. The zero-order chi connectivity index (χ0) is 20.3. The molecule has 0 atom stereocenters. The average molecular weight is 385 g/mol. The summed E-state index contributed by atoms with van der Waals surface area (Å²) in [5, 5.41) is 0. The number of unbranched alkanes of at least 4 members (excludes halogenated alkanes) is 2. The molecule has 0 N–H and O–H groups in total. The van der Waals surface area contributed by atoms with E-state index in [1.807, 2.05) is 6.08 Å². The molecular weight excluding hydrogens is 344 g/mol. The van der Waals surface area contributed by atoms with Crippen LogP contribution in [0.5, 0.6) is 0 Å². The van der Waals surface area contributed by atoms with Crippen molar-refractivity contribution < 1.29 is 18.8 Å². The van der Waals surface area contributed by atoms with Crippen molar-refractivity contribution in [2.75, 3.05) is 7.11 Å². The summed E-state index contributed by atoms with van der Waals surface area (Å²) in [4.78, 5) is 24.3. The highest BCUT2D eigenvalue weighted by Crippen LogP contribution is 2.42. The lowest BCUT2D eigenvalue weighted by Gasteiger charge is -2.41. The number of carbonyl (C=O) groups is 2. The van der Waals surface area contributed by atoms with Crippen LogP contribution in [0.25, 0.3) is 0 Å². The van der Waals surface area contributed by atoms with Gasteiger partial charge in [-0.1, -0.05) is 61.0 Å². The van der Waals surface area contributed by atoms with E-state index in [0.717, 1.165) is 24.8 Å². The molecule has 0 saturated carbocycles. The van der Waals surface area contributed by atoms with E-state index in [9.17, 15) is 9.59 Å². The Morgan fingerprint density at radius 1 is 0.923 bits per heavy atom. The van der Waals surface area contributed by atoms with Crippen LogP contribution < -0.4 is 0 Å². The number of hydrogen-bond donors (Lipinski definition) is 0. The van der Waals surface area contributed by atoms with Gasteiger partial charge in [0.2, 0.25) is 0 Å². The van der Waals surface area contributed by atoms with Crippen LogP contribution in [0.4, 0.5) is 0 Å². The van der Waals surface area contributed by atoms with Gasteiger partial charge in [-0.05, 0) is 42.3 Å². The second kappa shape index (κ2) is 12.3. The zero-order valence-corrected chi connectivity index (χ0v) is 19.2. The SMILES string of the molecule is CCCC/C(=C\CCCC(=O)OC)C(=O)O[Si](C(C)C)(C(C)C)C(C)C. The predicted octanol–water partition coefficient (Wildman–Crippen LogP) is 6.17. The highest BCUT2D eigenvalue weighted by molar-refractivity contribution is 6.79. The van der Waals surface area contributed by atoms with E-state index in [-0.39, 0.29) is 11.9 Å². The molecule has 0 rings (SSSR count). The zero-order valence-electron chi connectivity index (χ0n) is 18.2. The summed E-state index contributed by atoms with van der Waals surface area (Å²) < 4.78 is 11.0. The number of rotatable bonds is 12. The standard InChI is InChI=1S/C21H40O4Si/c1-9-10-13-19(14-11-12-15-20(22)24-8)21(23)25-26(16(2)3,17(4)5)18(6)7/h14,16-18H,9-13,15H2,1-8H3/b19-14+. The molecule has 0 aromatic carbocycles. The van der Waals surface area contributed by atoms with Crippen molar-refractivity contribution in [3.8, 4) is 0 Å². The lowest BCUT2D eigenvalue weighted by atomic mass is 10.1. The van der Waals surface area contributed by atoms with Crippen molar-refractivity contribution in [1.82, 2.24) is 0 Å². The summed E-state index contributed by atoms with van der Waals surface area (Å²) in [6.45, 7) is 15.2. The Morgan fingerprint density at radius 2 is 1.46 bits per heavy atom. The van der Waals surface area contributed by atoms with E-state index in [1.165, 1.54) is 7.11 Å². The quantitative estimate of drug-likeness (QED) is 0.175. The third-order valence-corrected chi connectivity index (χ3v) is 11.2. The van der Waals surface area contributed by atoms with Crippen LogP contribution in [0.3, 0.4) is 0 Å². The molecule has 0 aromatic rings. The molecule has 4 nitrogen and oxygen atoms in total.